The molecule has 0 bridgehead atoms. The SMILES string of the molecule is COc1ccccc1-c1cccc(-c2ccc(-c3cccc(-c4ccccc4OC)c3SC(C)(C)C)cc2)c1SC(C)(C)C. The smallest absolute Gasteiger partial charge is 0.126 e. The molecular formula is C40H42O2S2. The molecule has 5 aromatic carbocycles. The Kier molecular flexibility index (Phi) is 9.53. The first-order chi connectivity index (χ1) is 21.0. The summed E-state index contributed by atoms with van der Waals surface area (Å²) in [4.78, 5) is 2.53. The molecule has 44 heavy (non-hydrogen) atoms. The van der Waals surface area contributed by atoms with Crippen molar-refractivity contribution in [3.8, 4) is 56.0 Å². The molecule has 0 spiro atoms. The van der Waals surface area contributed by atoms with Crippen LogP contribution >= 0.6 is 23.5 Å². The Morgan fingerprint density at radius 3 is 1.05 bits per heavy atom. The van der Waals surface area contributed by atoms with E-state index in [1.807, 2.05) is 47.8 Å². The molecule has 5 aromatic rings. The van der Waals surface area contributed by atoms with Crippen molar-refractivity contribution < 1.29 is 9.47 Å². The predicted molar refractivity (Wildman–Crippen MR) is 193 cm³/mol. The average molecular weight is 619 g/mol. The lowest BCUT2D eigenvalue weighted by Crippen LogP contribution is -2.08. The third kappa shape index (κ3) is 7.20. The third-order valence-electron chi connectivity index (χ3n) is 7.15. The van der Waals surface area contributed by atoms with Gasteiger partial charge in [-0.15, -0.1) is 23.5 Å². The number of para-hydroxylation sites is 2. The Balaban J connectivity index is 1.64. The van der Waals surface area contributed by atoms with Gasteiger partial charge in [0.15, 0.2) is 0 Å². The standard InChI is InChI=1S/C40H42O2S2/c1-39(2,3)43-37-29(17-13-19-33(37)31-15-9-11-21-35(31)41-7)27-23-25-28(26-24-27)30-18-14-20-34(38(30)44-40(4,5)6)32-16-10-12-22-36(32)42-8/h9-26H,1-8H3. The van der Waals surface area contributed by atoms with Gasteiger partial charge in [0.2, 0.25) is 0 Å². The quantitative estimate of drug-likeness (QED) is 0.161. The molecular weight excluding hydrogens is 577 g/mol. The lowest BCUT2D eigenvalue weighted by Gasteiger charge is -2.24. The Labute approximate surface area is 272 Å². The second-order valence-electron chi connectivity index (χ2n) is 12.8. The maximum absolute atomic E-state index is 5.78. The molecule has 0 saturated heterocycles. The fourth-order valence-corrected chi connectivity index (χ4v) is 7.74. The molecule has 0 atom stereocenters. The fraction of sp³-hybridized carbons (Fsp3) is 0.250. The summed E-state index contributed by atoms with van der Waals surface area (Å²) >= 11 is 3.81. The van der Waals surface area contributed by atoms with E-state index in [9.17, 15) is 0 Å². The van der Waals surface area contributed by atoms with Crippen molar-refractivity contribution >= 4 is 23.5 Å². The minimum atomic E-state index is 0.0326. The van der Waals surface area contributed by atoms with Crippen LogP contribution in [0.3, 0.4) is 0 Å². The highest BCUT2D eigenvalue weighted by atomic mass is 32.2. The summed E-state index contributed by atoms with van der Waals surface area (Å²) in [6, 6.07) is 38.9. The molecule has 0 aromatic heterocycles. The molecule has 226 valence electrons. The van der Waals surface area contributed by atoms with E-state index >= 15 is 0 Å². The Morgan fingerprint density at radius 1 is 0.386 bits per heavy atom. The minimum Gasteiger partial charge on any atom is -0.496 e. The molecule has 5 rings (SSSR count). The van der Waals surface area contributed by atoms with E-state index < -0.39 is 0 Å². The molecule has 0 saturated carbocycles. The molecule has 0 aliphatic carbocycles. The number of methoxy groups -OCH3 is 2. The summed E-state index contributed by atoms with van der Waals surface area (Å²) < 4.78 is 11.6. The van der Waals surface area contributed by atoms with Crippen LogP contribution in [0.5, 0.6) is 11.5 Å². The van der Waals surface area contributed by atoms with Gasteiger partial charge in [-0.1, -0.05) is 139 Å². The topological polar surface area (TPSA) is 18.5 Å². The predicted octanol–water partition coefficient (Wildman–Crippen LogP) is 12.2. The molecule has 0 radical (unpaired) electrons. The van der Waals surface area contributed by atoms with Crippen molar-refractivity contribution in [3.05, 3.63) is 109 Å². The van der Waals surface area contributed by atoms with Crippen LogP contribution in [0.2, 0.25) is 0 Å². The van der Waals surface area contributed by atoms with Crippen LogP contribution in [-0.2, 0) is 0 Å². The number of ether oxygens (including phenoxy) is 2. The van der Waals surface area contributed by atoms with Gasteiger partial charge in [-0.25, -0.2) is 0 Å². The fourth-order valence-electron chi connectivity index (χ4n) is 5.35. The van der Waals surface area contributed by atoms with Crippen molar-refractivity contribution in [1.82, 2.24) is 0 Å². The largest absolute Gasteiger partial charge is 0.496 e. The zero-order chi connectivity index (χ0) is 31.5. The van der Waals surface area contributed by atoms with Crippen LogP contribution in [0.1, 0.15) is 41.5 Å². The zero-order valence-electron chi connectivity index (χ0n) is 27.0. The lowest BCUT2D eigenvalue weighted by molar-refractivity contribution is 0.416. The Morgan fingerprint density at radius 2 is 0.705 bits per heavy atom. The van der Waals surface area contributed by atoms with E-state index in [1.54, 1.807) is 14.2 Å². The number of benzene rings is 5. The van der Waals surface area contributed by atoms with Crippen LogP contribution in [0.25, 0.3) is 44.5 Å². The summed E-state index contributed by atoms with van der Waals surface area (Å²) in [7, 11) is 3.49. The summed E-state index contributed by atoms with van der Waals surface area (Å²) in [5.41, 5.74) is 9.45. The second-order valence-corrected chi connectivity index (χ2v) is 16.4. The Hall–Kier alpha value is -3.60. The van der Waals surface area contributed by atoms with Crippen molar-refractivity contribution in [2.24, 2.45) is 0 Å². The number of rotatable bonds is 8. The van der Waals surface area contributed by atoms with E-state index in [0.29, 0.717) is 0 Å². The van der Waals surface area contributed by atoms with E-state index in [-0.39, 0.29) is 9.49 Å². The van der Waals surface area contributed by atoms with Gasteiger partial charge in [-0.05, 0) is 45.5 Å². The first-order valence-corrected chi connectivity index (χ1v) is 16.6. The van der Waals surface area contributed by atoms with Crippen molar-refractivity contribution in [1.29, 1.82) is 0 Å². The molecule has 0 fully saturated rings. The minimum absolute atomic E-state index is 0.0326. The van der Waals surface area contributed by atoms with Crippen LogP contribution in [0, 0.1) is 0 Å². The molecule has 0 unspecified atom stereocenters. The zero-order valence-corrected chi connectivity index (χ0v) is 28.7. The van der Waals surface area contributed by atoms with E-state index in [0.717, 1.165) is 22.6 Å². The van der Waals surface area contributed by atoms with Gasteiger partial charge in [0.1, 0.15) is 11.5 Å². The number of hydrogen-bond acceptors (Lipinski definition) is 4. The molecule has 0 N–H and O–H groups in total. The molecule has 0 aliphatic rings. The molecule has 0 heterocycles. The van der Waals surface area contributed by atoms with Gasteiger partial charge in [0.05, 0.1) is 14.2 Å². The summed E-state index contributed by atoms with van der Waals surface area (Å²) in [6.07, 6.45) is 0. The average Bonchev–Trinajstić information content (AvgIpc) is 3.00. The third-order valence-corrected chi connectivity index (χ3v) is 9.66. The molecule has 0 aliphatic heterocycles. The maximum Gasteiger partial charge on any atom is 0.126 e. The van der Waals surface area contributed by atoms with Gasteiger partial charge >= 0.3 is 0 Å². The summed E-state index contributed by atoms with van der Waals surface area (Å²) in [6.45, 7) is 13.6. The normalized spacial score (nSPS) is 11.8. The highest BCUT2D eigenvalue weighted by molar-refractivity contribution is 8.01. The van der Waals surface area contributed by atoms with Crippen molar-refractivity contribution in [2.45, 2.75) is 60.8 Å². The van der Waals surface area contributed by atoms with Gasteiger partial charge in [-0.3, -0.25) is 0 Å². The Bertz CT molecular complexity index is 1610. The molecule has 0 amide bonds. The number of thioether (sulfide) groups is 2. The van der Waals surface area contributed by atoms with Crippen LogP contribution < -0.4 is 9.47 Å². The summed E-state index contributed by atoms with van der Waals surface area (Å²) in [5.74, 6) is 1.77. The van der Waals surface area contributed by atoms with Crippen LogP contribution in [-0.4, -0.2) is 23.7 Å². The van der Waals surface area contributed by atoms with Gasteiger partial charge in [0.25, 0.3) is 0 Å². The van der Waals surface area contributed by atoms with Gasteiger partial charge in [-0.2, -0.15) is 0 Å². The maximum atomic E-state index is 5.78. The van der Waals surface area contributed by atoms with Crippen LogP contribution in [0.15, 0.2) is 119 Å². The monoisotopic (exact) mass is 618 g/mol. The van der Waals surface area contributed by atoms with Crippen molar-refractivity contribution in [3.63, 3.8) is 0 Å². The molecule has 2 nitrogen and oxygen atoms in total. The van der Waals surface area contributed by atoms with Crippen molar-refractivity contribution in [2.75, 3.05) is 14.2 Å². The second kappa shape index (κ2) is 13.2. The highest BCUT2D eigenvalue weighted by Gasteiger charge is 2.23. The molecule has 4 heteroatoms. The van der Waals surface area contributed by atoms with Gasteiger partial charge in [0, 0.05) is 30.4 Å². The van der Waals surface area contributed by atoms with E-state index in [1.165, 1.54) is 43.2 Å². The van der Waals surface area contributed by atoms with E-state index in [4.69, 9.17) is 9.47 Å². The first kappa shape index (κ1) is 31.8. The van der Waals surface area contributed by atoms with Crippen LogP contribution in [0.4, 0.5) is 0 Å². The lowest BCUT2D eigenvalue weighted by atomic mass is 9.95. The van der Waals surface area contributed by atoms with E-state index in [2.05, 4.69) is 126 Å². The first-order valence-electron chi connectivity index (χ1n) is 15.0. The summed E-state index contributed by atoms with van der Waals surface area (Å²) in [5, 5.41) is 0. The highest BCUT2D eigenvalue weighted by Crippen LogP contribution is 2.48. The number of hydrogen-bond donors (Lipinski definition) is 0. The van der Waals surface area contributed by atoms with Gasteiger partial charge < -0.3 is 9.47 Å².